The van der Waals surface area contributed by atoms with E-state index in [2.05, 4.69) is 9.97 Å². The lowest BCUT2D eigenvalue weighted by Crippen LogP contribution is -2.47. The number of benzene rings is 2. The molecular weight excluding hydrogens is 371 g/mol. The van der Waals surface area contributed by atoms with Crippen LogP contribution >= 0.6 is 0 Å². The van der Waals surface area contributed by atoms with E-state index in [9.17, 15) is 9.18 Å². The van der Waals surface area contributed by atoms with Crippen LogP contribution in [0.25, 0.3) is 22.4 Å². The number of nitrogens with two attached hydrogens (primary N) is 1. The summed E-state index contributed by atoms with van der Waals surface area (Å²) in [4.78, 5) is 23.0. The van der Waals surface area contributed by atoms with Gasteiger partial charge in [-0.15, -0.1) is 0 Å². The van der Waals surface area contributed by atoms with E-state index < -0.39 is 5.82 Å². The van der Waals surface area contributed by atoms with Crippen molar-refractivity contribution >= 4 is 11.7 Å². The molecule has 2 N–H and O–H groups in total. The lowest BCUT2D eigenvalue weighted by molar-refractivity contribution is 0.00364. The normalized spacial score (nSPS) is 16.6. The molecule has 0 unspecified atom stereocenters. The number of rotatable bonds is 3. The van der Waals surface area contributed by atoms with E-state index in [1.807, 2.05) is 25.1 Å². The molecule has 0 spiro atoms. The standard InChI is InChI=1S/C22H21FN4O2/c1-14-13-29-9-8-27(14)22(28)17-5-3-2-4-16(17)15-6-7-18(19(23)10-15)20-11-26-21(24)12-25-20/h2-7,10-12,14H,8-9,13H2,1H3,(H2,24,26)/t14-/m0/s1. The van der Waals surface area contributed by atoms with Crippen LogP contribution in [-0.4, -0.2) is 46.6 Å². The fourth-order valence-corrected chi connectivity index (χ4v) is 3.47. The number of nitrogens with zero attached hydrogens (tertiary/aromatic N) is 3. The number of anilines is 1. The number of hydrogen-bond acceptors (Lipinski definition) is 5. The van der Waals surface area contributed by atoms with E-state index in [0.717, 1.165) is 0 Å². The van der Waals surface area contributed by atoms with Crippen LogP contribution in [0.5, 0.6) is 0 Å². The third-order valence-corrected chi connectivity index (χ3v) is 5.01. The summed E-state index contributed by atoms with van der Waals surface area (Å²) < 4.78 is 20.3. The number of aromatic nitrogens is 2. The fourth-order valence-electron chi connectivity index (χ4n) is 3.47. The first kappa shape index (κ1) is 19.0. The highest BCUT2D eigenvalue weighted by Gasteiger charge is 2.26. The molecule has 6 nitrogen and oxygen atoms in total. The average Bonchev–Trinajstić information content (AvgIpc) is 2.74. The first-order chi connectivity index (χ1) is 14.0. The van der Waals surface area contributed by atoms with Crippen molar-refractivity contribution in [1.29, 1.82) is 0 Å². The second kappa shape index (κ2) is 7.97. The molecular formula is C22H21FN4O2. The van der Waals surface area contributed by atoms with Gasteiger partial charge in [-0.1, -0.05) is 24.3 Å². The number of morpholine rings is 1. The van der Waals surface area contributed by atoms with Crippen LogP contribution in [0.2, 0.25) is 0 Å². The lowest BCUT2D eigenvalue weighted by Gasteiger charge is -2.33. The van der Waals surface area contributed by atoms with Gasteiger partial charge in [0, 0.05) is 17.7 Å². The van der Waals surface area contributed by atoms with Gasteiger partial charge in [-0.2, -0.15) is 0 Å². The van der Waals surface area contributed by atoms with Crippen LogP contribution in [0.15, 0.2) is 54.9 Å². The molecule has 1 aromatic heterocycles. The van der Waals surface area contributed by atoms with Gasteiger partial charge in [-0.25, -0.2) is 9.37 Å². The Morgan fingerprint density at radius 3 is 2.72 bits per heavy atom. The smallest absolute Gasteiger partial charge is 0.254 e. The van der Waals surface area contributed by atoms with Crippen LogP contribution in [0, 0.1) is 5.82 Å². The molecule has 1 amide bonds. The van der Waals surface area contributed by atoms with Gasteiger partial charge in [0.15, 0.2) is 0 Å². The molecule has 29 heavy (non-hydrogen) atoms. The number of hydrogen-bond donors (Lipinski definition) is 1. The summed E-state index contributed by atoms with van der Waals surface area (Å²) in [6, 6.07) is 12.1. The Bertz CT molecular complexity index is 1040. The molecule has 2 heterocycles. The predicted molar refractivity (Wildman–Crippen MR) is 109 cm³/mol. The summed E-state index contributed by atoms with van der Waals surface area (Å²) in [7, 11) is 0. The van der Waals surface area contributed by atoms with Crippen molar-refractivity contribution in [2.24, 2.45) is 0 Å². The Hall–Kier alpha value is -3.32. The number of nitrogen functional groups attached to an aromatic ring is 1. The maximum Gasteiger partial charge on any atom is 0.254 e. The molecule has 0 saturated carbocycles. The first-order valence-electron chi connectivity index (χ1n) is 9.40. The van der Waals surface area contributed by atoms with E-state index in [0.29, 0.717) is 47.7 Å². The second-order valence-corrected chi connectivity index (χ2v) is 6.99. The molecule has 4 rings (SSSR count). The Kier molecular flexibility index (Phi) is 5.22. The minimum absolute atomic E-state index is 0.00694. The zero-order valence-electron chi connectivity index (χ0n) is 16.0. The number of ether oxygens (including phenoxy) is 1. The molecule has 0 radical (unpaired) electrons. The van der Waals surface area contributed by atoms with Crippen LogP contribution in [-0.2, 0) is 4.74 Å². The van der Waals surface area contributed by atoms with Gasteiger partial charge in [0.2, 0.25) is 0 Å². The molecule has 1 aliphatic heterocycles. The molecule has 1 atom stereocenters. The summed E-state index contributed by atoms with van der Waals surface area (Å²) in [6.45, 7) is 3.53. The summed E-state index contributed by atoms with van der Waals surface area (Å²) in [5.41, 5.74) is 8.12. The average molecular weight is 392 g/mol. The van der Waals surface area contributed by atoms with Gasteiger partial charge in [0.25, 0.3) is 5.91 Å². The Morgan fingerprint density at radius 2 is 2.00 bits per heavy atom. The molecule has 7 heteroatoms. The fraction of sp³-hybridized carbons (Fsp3) is 0.227. The molecule has 148 valence electrons. The monoisotopic (exact) mass is 392 g/mol. The van der Waals surface area contributed by atoms with E-state index in [1.54, 1.807) is 23.1 Å². The summed E-state index contributed by atoms with van der Waals surface area (Å²) >= 11 is 0. The predicted octanol–water partition coefficient (Wildman–Crippen LogP) is 3.39. The summed E-state index contributed by atoms with van der Waals surface area (Å²) in [5, 5.41) is 0. The zero-order valence-corrected chi connectivity index (χ0v) is 16.0. The van der Waals surface area contributed by atoms with Gasteiger partial charge >= 0.3 is 0 Å². The van der Waals surface area contributed by atoms with Crippen molar-refractivity contribution in [3.05, 3.63) is 66.2 Å². The van der Waals surface area contributed by atoms with Crippen molar-refractivity contribution in [3.63, 3.8) is 0 Å². The van der Waals surface area contributed by atoms with Crippen molar-refractivity contribution in [2.45, 2.75) is 13.0 Å². The quantitative estimate of drug-likeness (QED) is 0.739. The van der Waals surface area contributed by atoms with Gasteiger partial charge in [-0.3, -0.25) is 9.78 Å². The van der Waals surface area contributed by atoms with Crippen molar-refractivity contribution in [2.75, 3.05) is 25.5 Å². The maximum atomic E-state index is 14.9. The van der Waals surface area contributed by atoms with Crippen molar-refractivity contribution in [3.8, 4) is 22.4 Å². The maximum absolute atomic E-state index is 14.9. The van der Waals surface area contributed by atoms with Gasteiger partial charge in [-0.05, 0) is 36.2 Å². The van der Waals surface area contributed by atoms with Gasteiger partial charge in [0.05, 0.1) is 37.3 Å². The Morgan fingerprint density at radius 1 is 1.17 bits per heavy atom. The van der Waals surface area contributed by atoms with Crippen molar-refractivity contribution < 1.29 is 13.9 Å². The summed E-state index contributed by atoms with van der Waals surface area (Å²) in [5.74, 6) is -0.246. The minimum atomic E-state index is -0.441. The number of amides is 1. The largest absolute Gasteiger partial charge is 0.382 e. The molecule has 1 fully saturated rings. The first-order valence-corrected chi connectivity index (χ1v) is 9.40. The highest BCUT2D eigenvalue weighted by Crippen LogP contribution is 2.30. The van der Waals surface area contributed by atoms with Crippen molar-refractivity contribution in [1.82, 2.24) is 14.9 Å². The van der Waals surface area contributed by atoms with E-state index in [1.165, 1.54) is 18.5 Å². The third kappa shape index (κ3) is 3.82. The zero-order chi connectivity index (χ0) is 20.4. The van der Waals surface area contributed by atoms with Crippen LogP contribution in [0.4, 0.5) is 10.2 Å². The molecule has 0 bridgehead atoms. The van der Waals surface area contributed by atoms with E-state index >= 15 is 0 Å². The van der Waals surface area contributed by atoms with Gasteiger partial charge < -0.3 is 15.4 Å². The highest BCUT2D eigenvalue weighted by atomic mass is 19.1. The molecule has 3 aromatic rings. The van der Waals surface area contributed by atoms with E-state index in [-0.39, 0.29) is 17.8 Å². The Labute approximate surface area is 168 Å². The minimum Gasteiger partial charge on any atom is -0.382 e. The number of carbonyl (C=O) groups is 1. The second-order valence-electron chi connectivity index (χ2n) is 6.99. The molecule has 2 aromatic carbocycles. The molecule has 0 aliphatic carbocycles. The topological polar surface area (TPSA) is 81.3 Å². The molecule has 1 saturated heterocycles. The number of carbonyl (C=O) groups excluding carboxylic acids is 1. The molecule has 1 aliphatic rings. The van der Waals surface area contributed by atoms with E-state index in [4.69, 9.17) is 10.5 Å². The number of halogens is 1. The van der Waals surface area contributed by atoms with Crippen LogP contribution < -0.4 is 5.73 Å². The SMILES string of the molecule is C[C@H]1COCCN1C(=O)c1ccccc1-c1ccc(-c2cnc(N)cn2)c(F)c1. The Balaban J connectivity index is 1.70. The third-order valence-electron chi connectivity index (χ3n) is 5.01. The lowest BCUT2D eigenvalue weighted by atomic mass is 9.96. The van der Waals surface area contributed by atoms with Crippen LogP contribution in [0.3, 0.4) is 0 Å². The van der Waals surface area contributed by atoms with Gasteiger partial charge in [0.1, 0.15) is 11.6 Å². The highest BCUT2D eigenvalue weighted by molar-refractivity contribution is 6.01. The van der Waals surface area contributed by atoms with Crippen LogP contribution in [0.1, 0.15) is 17.3 Å². The summed E-state index contributed by atoms with van der Waals surface area (Å²) in [6.07, 6.45) is 2.82.